The Morgan fingerprint density at radius 2 is 1.94 bits per heavy atom. The van der Waals surface area contributed by atoms with Gasteiger partial charge >= 0.3 is 0 Å². The lowest BCUT2D eigenvalue weighted by molar-refractivity contribution is 0.0763. The van der Waals surface area contributed by atoms with Gasteiger partial charge in [0.15, 0.2) is 5.75 Å². The van der Waals surface area contributed by atoms with Crippen molar-refractivity contribution >= 4 is 28.4 Å². The molecule has 2 aromatic carbocycles. The Kier molecular flexibility index (Phi) is 5.29. The summed E-state index contributed by atoms with van der Waals surface area (Å²) in [6, 6.07) is 12.6. The first-order valence-corrected chi connectivity index (χ1v) is 10.6. The summed E-state index contributed by atoms with van der Waals surface area (Å²) in [6.45, 7) is 0.476. The zero-order chi connectivity index (χ0) is 23.8. The number of hydrogen-bond donors (Lipinski definition) is 3. The smallest absolute Gasteiger partial charge is 0.258 e. The maximum absolute atomic E-state index is 13.3. The molecule has 0 aliphatic carbocycles. The van der Waals surface area contributed by atoms with Crippen LogP contribution in [0, 0.1) is 5.82 Å². The van der Waals surface area contributed by atoms with Crippen molar-refractivity contribution in [3.05, 3.63) is 94.7 Å². The summed E-state index contributed by atoms with van der Waals surface area (Å²) in [5, 5.41) is 14.2. The van der Waals surface area contributed by atoms with Gasteiger partial charge < -0.3 is 21.1 Å². The molecule has 0 fully saturated rings. The number of carbonyl (C=O) groups is 2. The number of aromatic nitrogens is 2. The quantitative estimate of drug-likeness (QED) is 0.423. The molecule has 4 N–H and O–H groups in total. The molecule has 0 bridgehead atoms. The zero-order valence-electron chi connectivity index (χ0n) is 18.0. The molecule has 0 radical (unpaired) electrons. The van der Waals surface area contributed by atoms with Crippen molar-refractivity contribution in [2.45, 2.75) is 19.6 Å². The van der Waals surface area contributed by atoms with Crippen LogP contribution in [0.3, 0.4) is 0 Å². The fourth-order valence-electron chi connectivity index (χ4n) is 4.15. The van der Waals surface area contributed by atoms with Crippen LogP contribution in [0.25, 0.3) is 10.9 Å². The molecule has 0 unspecified atom stereocenters. The Hall–Kier alpha value is -4.53. The molecule has 0 saturated heterocycles. The van der Waals surface area contributed by atoms with Crippen LogP contribution in [0.5, 0.6) is 5.75 Å². The van der Waals surface area contributed by atoms with Gasteiger partial charge in [0.1, 0.15) is 11.3 Å². The lowest BCUT2D eigenvalue weighted by Crippen LogP contribution is -2.25. The monoisotopic (exact) mass is 457 g/mol. The SMILES string of the molecule is Nc1ccc(CNC(=O)c2c3c(c(O)c4ncccc24)C(=O)N(Cc2ccc(F)cc2)C3)nc1. The number of halogens is 1. The molecular weight excluding hydrogens is 437 g/mol. The Labute approximate surface area is 193 Å². The third kappa shape index (κ3) is 3.77. The molecule has 34 heavy (non-hydrogen) atoms. The lowest BCUT2D eigenvalue weighted by Gasteiger charge is -2.16. The number of rotatable bonds is 5. The molecule has 1 aliphatic heterocycles. The fourth-order valence-corrected chi connectivity index (χ4v) is 4.15. The van der Waals surface area contributed by atoms with Crippen molar-refractivity contribution in [3.8, 4) is 5.75 Å². The average Bonchev–Trinajstić information content (AvgIpc) is 3.16. The van der Waals surface area contributed by atoms with Crippen LogP contribution >= 0.6 is 0 Å². The maximum Gasteiger partial charge on any atom is 0.258 e. The molecule has 8 nitrogen and oxygen atoms in total. The van der Waals surface area contributed by atoms with Gasteiger partial charge in [-0.05, 0) is 35.9 Å². The molecule has 4 aromatic rings. The summed E-state index contributed by atoms with van der Waals surface area (Å²) in [7, 11) is 0. The number of nitrogens with two attached hydrogens (primary N) is 1. The van der Waals surface area contributed by atoms with E-state index in [1.807, 2.05) is 0 Å². The molecule has 1 aliphatic rings. The number of amides is 2. The largest absolute Gasteiger partial charge is 0.505 e. The second kappa shape index (κ2) is 8.43. The minimum atomic E-state index is -0.418. The van der Waals surface area contributed by atoms with Gasteiger partial charge in [-0.15, -0.1) is 0 Å². The standard InChI is InChI=1S/C25H20FN5O3/c26-15-5-3-14(4-6-15)12-31-13-19-20(24(33)30-11-17-8-7-16(27)10-29-17)18-2-1-9-28-22(18)23(32)21(19)25(31)34/h1-10,32H,11-13,27H2,(H,30,33). The van der Waals surface area contributed by atoms with E-state index in [1.54, 1.807) is 36.4 Å². The van der Waals surface area contributed by atoms with Crippen molar-refractivity contribution in [2.24, 2.45) is 0 Å². The number of nitrogens with one attached hydrogen (secondary N) is 1. The minimum absolute atomic E-state index is 0.0593. The highest BCUT2D eigenvalue weighted by Gasteiger charge is 2.36. The van der Waals surface area contributed by atoms with E-state index >= 15 is 0 Å². The molecule has 2 aromatic heterocycles. The number of nitrogen functional groups attached to an aromatic ring is 1. The molecule has 0 atom stereocenters. The average molecular weight is 457 g/mol. The van der Waals surface area contributed by atoms with E-state index < -0.39 is 11.8 Å². The zero-order valence-corrected chi connectivity index (χ0v) is 18.0. The Morgan fingerprint density at radius 1 is 1.15 bits per heavy atom. The number of phenols is 1. The van der Waals surface area contributed by atoms with E-state index in [1.165, 1.54) is 29.4 Å². The predicted octanol–water partition coefficient (Wildman–Crippen LogP) is 3.14. The summed E-state index contributed by atoms with van der Waals surface area (Å²) >= 11 is 0. The summed E-state index contributed by atoms with van der Waals surface area (Å²) < 4.78 is 13.3. The normalized spacial score (nSPS) is 12.7. The van der Waals surface area contributed by atoms with E-state index in [-0.39, 0.29) is 47.8 Å². The van der Waals surface area contributed by atoms with Crippen LogP contribution in [0.1, 0.15) is 37.5 Å². The molecule has 0 spiro atoms. The van der Waals surface area contributed by atoms with Crippen molar-refractivity contribution in [1.82, 2.24) is 20.2 Å². The number of carbonyl (C=O) groups excluding carboxylic acids is 2. The van der Waals surface area contributed by atoms with E-state index in [0.29, 0.717) is 22.3 Å². The number of aromatic hydroxyl groups is 1. The minimum Gasteiger partial charge on any atom is -0.505 e. The Bertz CT molecular complexity index is 1420. The van der Waals surface area contributed by atoms with Gasteiger partial charge in [0, 0.05) is 30.2 Å². The predicted molar refractivity (Wildman–Crippen MR) is 123 cm³/mol. The first kappa shape index (κ1) is 21.3. The third-order valence-electron chi connectivity index (χ3n) is 5.78. The highest BCUT2D eigenvalue weighted by molar-refractivity contribution is 6.15. The Balaban J connectivity index is 1.52. The first-order valence-electron chi connectivity index (χ1n) is 10.6. The summed E-state index contributed by atoms with van der Waals surface area (Å²) in [5.74, 6) is -1.46. The van der Waals surface area contributed by atoms with Gasteiger partial charge in [-0.25, -0.2) is 4.39 Å². The fraction of sp³-hybridized carbons (Fsp3) is 0.120. The van der Waals surface area contributed by atoms with Gasteiger partial charge in [0.2, 0.25) is 0 Å². The van der Waals surface area contributed by atoms with Gasteiger partial charge in [0.25, 0.3) is 11.8 Å². The van der Waals surface area contributed by atoms with E-state index in [9.17, 15) is 19.1 Å². The van der Waals surface area contributed by atoms with E-state index in [4.69, 9.17) is 5.73 Å². The highest BCUT2D eigenvalue weighted by atomic mass is 19.1. The number of phenolic OH excluding ortho intramolecular Hbond substituents is 1. The number of hydrogen-bond acceptors (Lipinski definition) is 6. The van der Waals surface area contributed by atoms with Crippen LogP contribution in [0.15, 0.2) is 60.9 Å². The van der Waals surface area contributed by atoms with Gasteiger partial charge in [-0.2, -0.15) is 0 Å². The second-order valence-electron chi connectivity index (χ2n) is 8.03. The second-order valence-corrected chi connectivity index (χ2v) is 8.03. The number of anilines is 1. The first-order chi connectivity index (χ1) is 16.4. The number of fused-ring (bicyclic) bond motifs is 2. The van der Waals surface area contributed by atoms with Crippen LogP contribution in [0.4, 0.5) is 10.1 Å². The topological polar surface area (TPSA) is 121 Å². The molecular formula is C25H20FN5O3. The van der Waals surface area contributed by atoms with E-state index in [0.717, 1.165) is 5.56 Å². The number of pyridine rings is 2. The molecule has 170 valence electrons. The molecule has 0 saturated carbocycles. The van der Waals surface area contributed by atoms with Crippen molar-refractivity contribution in [1.29, 1.82) is 0 Å². The highest BCUT2D eigenvalue weighted by Crippen LogP contribution is 2.40. The van der Waals surface area contributed by atoms with Crippen LogP contribution in [0.2, 0.25) is 0 Å². The lowest BCUT2D eigenvalue weighted by atomic mass is 9.96. The number of benzene rings is 2. The van der Waals surface area contributed by atoms with E-state index in [2.05, 4.69) is 15.3 Å². The van der Waals surface area contributed by atoms with Crippen LogP contribution in [-0.4, -0.2) is 31.8 Å². The van der Waals surface area contributed by atoms with Crippen molar-refractivity contribution < 1.29 is 19.1 Å². The van der Waals surface area contributed by atoms with Crippen LogP contribution in [-0.2, 0) is 19.6 Å². The molecule has 2 amide bonds. The summed E-state index contributed by atoms with van der Waals surface area (Å²) in [6.07, 6.45) is 3.00. The summed E-state index contributed by atoms with van der Waals surface area (Å²) in [4.78, 5) is 36.5. The van der Waals surface area contributed by atoms with Gasteiger partial charge in [0.05, 0.1) is 35.2 Å². The van der Waals surface area contributed by atoms with Crippen molar-refractivity contribution in [3.63, 3.8) is 0 Å². The van der Waals surface area contributed by atoms with Crippen LogP contribution < -0.4 is 11.1 Å². The molecule has 3 heterocycles. The molecule has 5 rings (SSSR count). The maximum atomic E-state index is 13.3. The Morgan fingerprint density at radius 3 is 2.68 bits per heavy atom. The van der Waals surface area contributed by atoms with Crippen molar-refractivity contribution in [2.75, 3.05) is 5.73 Å². The number of nitrogens with zero attached hydrogens (tertiary/aromatic N) is 3. The van der Waals surface area contributed by atoms with Gasteiger partial charge in [-0.1, -0.05) is 18.2 Å². The summed E-state index contributed by atoms with van der Waals surface area (Å²) in [5.41, 5.74) is 8.47. The third-order valence-corrected chi connectivity index (χ3v) is 5.78. The van der Waals surface area contributed by atoms with Gasteiger partial charge in [-0.3, -0.25) is 19.6 Å². The molecule has 9 heteroatoms.